The molecule has 0 radical (unpaired) electrons. The number of hydrogen-bond acceptors (Lipinski definition) is 6. The Bertz CT molecular complexity index is 5630. The van der Waals surface area contributed by atoms with Gasteiger partial charge in [-0.2, -0.15) is 0 Å². The van der Waals surface area contributed by atoms with E-state index in [0.29, 0.717) is 0 Å². The van der Waals surface area contributed by atoms with Crippen molar-refractivity contribution in [2.75, 3.05) is 0 Å². The summed E-state index contributed by atoms with van der Waals surface area (Å²) < 4.78 is 29.9. The van der Waals surface area contributed by atoms with E-state index in [9.17, 15) is 0 Å². The molecule has 8 heteroatoms. The minimum absolute atomic E-state index is 0.742. The standard InChI is InChI=1S/C132H178N4O4/c1-8-15-21-27-33-37-41-45-49-55-61-87-131(88-62-56-50-46-42-38-34-28-22-16-9-2)137-127-94-115-117(96-129(127)139-131)125-100-121-113-92-107(77-75-103-69-67-102(14-7)68-70-103)81-85-111(113)119(133-121)98-123-116-95-128-130(140-132(138-128,89-63-57-51-47-43-39-35-29-23-17-10-3)90-64-58-52-48-44-40-36-30-24-18-11-4)97-118(116)126(136-123)101-122-114-93-108(82-86-112(114)120(134-122)99-124(115)135-125)78-76-104-71-73-105(74-72-104)79-84-110-91-106(65-59-53-31-25-19-12-5)80-83-109(110)66-60-54-32-26-20-13-6/h14,67-86,91-101,133-134H,7-13,15-66,87-90H2,1-6H3/b77-75+,78-76+,84-79+,119-98?,120-99?,121-100?,122-101?,123-98?,124-99?,125-100?,126-101?. The molecule has 0 unspecified atom stereocenters. The maximum absolute atomic E-state index is 7.49. The SMILES string of the molecule is C=Cc1ccc(/C=C/c2ccc3c4cc5nc(cc6[nH]c(cc7nc(cc([nH]4)c3c2)-c2cc3c(cc2-7)OC(CCCCCCCCCCCCC)(CCCCCCCCCCCCC)O3)c2ccc(/C=C/c3ccc(/C=C/c4cc(CCCCCCCC)ccc4CCCCCCCC)cc3)cc62)-c2cc3c(cc2-5)OC(CCCCCCCCCCCCC)(CCCCCCCCCCCCC)O3)cc1. The lowest BCUT2D eigenvalue weighted by atomic mass is 9.95. The zero-order chi connectivity index (χ0) is 96.9. The Hall–Kier alpha value is -9.66. The average Bonchev–Trinajstić information content (AvgIpc) is 1.58. The Morgan fingerprint density at radius 3 is 0.786 bits per heavy atom. The quantitative estimate of drug-likeness (QED) is 0.0291. The molecule has 14 rings (SSSR count). The third-order valence-electron chi connectivity index (χ3n) is 30.8. The molecule has 2 N–H and O–H groups in total. The molecule has 0 saturated carbocycles. The summed E-state index contributed by atoms with van der Waals surface area (Å²) in [5.74, 6) is 1.76. The van der Waals surface area contributed by atoms with Gasteiger partial charge >= 0.3 is 0 Å². The molecule has 140 heavy (non-hydrogen) atoms. The van der Waals surface area contributed by atoms with Crippen LogP contribution in [0, 0.1) is 0 Å². The highest BCUT2D eigenvalue weighted by atomic mass is 16.7. The van der Waals surface area contributed by atoms with E-state index in [1.807, 2.05) is 6.08 Å². The number of H-pyrrole nitrogens is 2. The molecule has 0 atom stereocenters. The van der Waals surface area contributed by atoms with E-state index < -0.39 is 11.6 Å². The summed E-state index contributed by atoms with van der Waals surface area (Å²) in [7, 11) is 0. The molecular weight excluding hydrogens is 1710 g/mol. The predicted molar refractivity (Wildman–Crippen MR) is 608 cm³/mol. The molecule has 7 aromatic carbocycles. The van der Waals surface area contributed by atoms with Gasteiger partial charge in [-0.25, -0.2) is 9.97 Å². The van der Waals surface area contributed by atoms with Gasteiger partial charge in [-0.3, -0.25) is 0 Å². The highest BCUT2D eigenvalue weighted by molar-refractivity contribution is 6.11. The van der Waals surface area contributed by atoms with Crippen molar-refractivity contribution in [3.05, 3.63) is 208 Å². The zero-order valence-electron chi connectivity index (χ0n) is 88.1. The van der Waals surface area contributed by atoms with Gasteiger partial charge in [-0.05, 0) is 162 Å². The highest BCUT2D eigenvalue weighted by Gasteiger charge is 2.44. The van der Waals surface area contributed by atoms with Crippen molar-refractivity contribution in [2.45, 2.75) is 451 Å². The lowest BCUT2D eigenvalue weighted by Crippen LogP contribution is -2.38. The maximum atomic E-state index is 7.49. The van der Waals surface area contributed by atoms with Gasteiger partial charge in [0, 0.05) is 91.5 Å². The van der Waals surface area contributed by atoms with Gasteiger partial charge < -0.3 is 28.9 Å². The van der Waals surface area contributed by atoms with E-state index in [4.69, 9.17) is 28.9 Å². The lowest BCUT2D eigenvalue weighted by molar-refractivity contribution is -0.0953. The van der Waals surface area contributed by atoms with Crippen LogP contribution in [-0.4, -0.2) is 31.5 Å². The normalized spacial score (nSPS) is 13.4. The van der Waals surface area contributed by atoms with Gasteiger partial charge in [-0.1, -0.05) is 503 Å². The molecule has 8 nitrogen and oxygen atoms in total. The summed E-state index contributed by atoms with van der Waals surface area (Å²) in [6, 6.07) is 57.3. The number of aromatic nitrogens is 4. The molecule has 0 saturated heterocycles. The number of benzene rings is 7. The van der Waals surface area contributed by atoms with Crippen LogP contribution in [0.2, 0.25) is 0 Å². The number of aromatic amines is 2. The number of nitrogens with zero attached hydrogens (tertiary/aromatic N) is 2. The second-order valence-electron chi connectivity index (χ2n) is 42.5. The van der Waals surface area contributed by atoms with Crippen LogP contribution < -0.4 is 18.9 Å². The Balaban J connectivity index is 0.843. The van der Waals surface area contributed by atoms with Gasteiger partial charge in [0.05, 0.1) is 22.8 Å². The van der Waals surface area contributed by atoms with E-state index in [-0.39, 0.29) is 0 Å². The van der Waals surface area contributed by atoms with Crippen molar-refractivity contribution < 1.29 is 18.9 Å². The minimum atomic E-state index is -0.743. The third-order valence-corrected chi connectivity index (χ3v) is 30.8. The van der Waals surface area contributed by atoms with Gasteiger partial charge in [0.15, 0.2) is 23.0 Å². The summed E-state index contributed by atoms with van der Waals surface area (Å²) in [4.78, 5) is 19.8. The number of ether oxygens (including phenoxy) is 4. The molecule has 0 fully saturated rings. The summed E-state index contributed by atoms with van der Waals surface area (Å²) >= 11 is 0. The van der Waals surface area contributed by atoms with Crippen molar-refractivity contribution in [1.29, 1.82) is 0 Å². The van der Waals surface area contributed by atoms with Crippen molar-refractivity contribution in [3.8, 4) is 68.0 Å². The monoisotopic (exact) mass is 1880 g/mol. The molecule has 750 valence electrons. The Kier molecular flexibility index (Phi) is 44.1. The number of rotatable bonds is 69. The van der Waals surface area contributed by atoms with Crippen LogP contribution >= 0.6 is 0 Å². The second kappa shape index (κ2) is 58.2. The smallest absolute Gasteiger partial charge is 0.251 e. The topological polar surface area (TPSA) is 94.3 Å². The summed E-state index contributed by atoms with van der Waals surface area (Å²) in [5, 5.41) is 4.39. The Labute approximate surface area is 847 Å². The van der Waals surface area contributed by atoms with Crippen molar-refractivity contribution >= 4 is 86.1 Å². The van der Waals surface area contributed by atoms with Crippen LogP contribution in [-0.2, 0) is 12.8 Å². The van der Waals surface area contributed by atoms with Crippen molar-refractivity contribution in [1.82, 2.24) is 19.9 Å². The first kappa shape index (κ1) is 106. The largest absolute Gasteiger partial charge is 0.448 e. The number of unbranched alkanes of at least 4 members (excludes halogenated alkanes) is 50. The van der Waals surface area contributed by atoms with E-state index >= 15 is 0 Å². The molecule has 4 aliphatic rings. The molecule has 0 aliphatic carbocycles. The predicted octanol–water partition coefficient (Wildman–Crippen LogP) is 42.0. The first-order chi connectivity index (χ1) is 69.0. The lowest BCUT2D eigenvalue weighted by Gasteiger charge is -2.28. The summed E-state index contributed by atoms with van der Waals surface area (Å²) in [6.07, 6.45) is 94.2. The molecule has 0 spiro atoms. The number of nitrogens with one attached hydrogen (secondary N) is 2. The molecule has 3 aromatic heterocycles. The molecule has 4 aliphatic heterocycles. The molecule has 0 amide bonds. The van der Waals surface area contributed by atoms with Crippen LogP contribution in [0.1, 0.15) is 477 Å². The van der Waals surface area contributed by atoms with Crippen LogP contribution in [0.3, 0.4) is 0 Å². The molecular formula is C132H178N4O4. The Morgan fingerprint density at radius 1 is 0.236 bits per heavy atom. The van der Waals surface area contributed by atoms with Crippen LogP contribution in [0.5, 0.6) is 23.0 Å². The van der Waals surface area contributed by atoms with Gasteiger partial charge in [0.2, 0.25) is 0 Å². The van der Waals surface area contributed by atoms with E-state index in [1.165, 1.54) is 356 Å². The average molecular weight is 1880 g/mol. The van der Waals surface area contributed by atoms with Crippen LogP contribution in [0.15, 0.2) is 158 Å². The summed E-state index contributed by atoms with van der Waals surface area (Å²) in [5.41, 5.74) is 22.6. The number of fused-ring (bicyclic) bond motifs is 22. The zero-order valence-corrected chi connectivity index (χ0v) is 88.1. The molecule has 10 aromatic rings. The third kappa shape index (κ3) is 32.2. The summed E-state index contributed by atoms with van der Waals surface area (Å²) in [6.45, 7) is 17.9. The van der Waals surface area contributed by atoms with E-state index in [0.717, 1.165) is 204 Å². The fourth-order valence-corrected chi connectivity index (χ4v) is 22.2. The second-order valence-corrected chi connectivity index (χ2v) is 42.5. The van der Waals surface area contributed by atoms with Crippen LogP contribution in [0.25, 0.3) is 131 Å². The van der Waals surface area contributed by atoms with Gasteiger partial charge in [-0.15, -0.1) is 0 Å². The first-order valence-electron chi connectivity index (χ1n) is 57.8. The highest BCUT2D eigenvalue weighted by Crippen LogP contribution is 2.54. The minimum Gasteiger partial charge on any atom is -0.448 e. The van der Waals surface area contributed by atoms with Crippen molar-refractivity contribution in [3.63, 3.8) is 0 Å². The Morgan fingerprint density at radius 2 is 0.486 bits per heavy atom. The fraction of sp³-hybridized carbons (Fsp3) is 0.530. The fourth-order valence-electron chi connectivity index (χ4n) is 22.2. The van der Waals surface area contributed by atoms with Gasteiger partial charge in [0.25, 0.3) is 11.6 Å². The first-order valence-corrected chi connectivity index (χ1v) is 57.8. The van der Waals surface area contributed by atoms with E-state index in [1.54, 1.807) is 0 Å². The number of hydrogen-bond donors (Lipinski definition) is 2. The maximum Gasteiger partial charge on any atom is 0.251 e. The van der Waals surface area contributed by atoms with E-state index in [2.05, 4.69) is 246 Å². The number of aryl methyl sites for hydroxylation is 2. The molecule has 7 heterocycles. The molecule has 8 bridgehead atoms. The van der Waals surface area contributed by atoms with Crippen molar-refractivity contribution in [2.24, 2.45) is 0 Å². The van der Waals surface area contributed by atoms with Crippen LogP contribution in [0.4, 0.5) is 0 Å². The van der Waals surface area contributed by atoms with Gasteiger partial charge in [0.1, 0.15) is 0 Å².